The number of rotatable bonds is 5. The van der Waals surface area contributed by atoms with E-state index in [1.54, 1.807) is 0 Å². The second kappa shape index (κ2) is 5.37. The molecule has 1 heterocycles. The first-order chi connectivity index (χ1) is 8.24. The fourth-order valence-corrected chi connectivity index (χ4v) is 2.53. The van der Waals surface area contributed by atoms with Crippen LogP contribution in [-0.4, -0.2) is 17.7 Å². The standard InChI is InChI=1S/C15H22N2/c1-4-16-10-6-8-13-11-17(3)15-12(2)7-5-9-14(13)15/h5,7,9,11,16H,4,6,8,10H2,1-3H3. The summed E-state index contributed by atoms with van der Waals surface area (Å²) >= 11 is 0. The van der Waals surface area contributed by atoms with Crippen LogP contribution < -0.4 is 5.32 Å². The number of benzene rings is 1. The number of nitrogens with one attached hydrogen (secondary N) is 1. The van der Waals surface area contributed by atoms with Gasteiger partial charge >= 0.3 is 0 Å². The van der Waals surface area contributed by atoms with Gasteiger partial charge in [-0.05, 0) is 44.0 Å². The minimum atomic E-state index is 1.06. The maximum absolute atomic E-state index is 3.38. The van der Waals surface area contributed by atoms with Gasteiger partial charge in [0.15, 0.2) is 0 Å². The highest BCUT2D eigenvalue weighted by molar-refractivity contribution is 5.86. The highest BCUT2D eigenvalue weighted by Crippen LogP contribution is 2.24. The molecule has 0 amide bonds. The van der Waals surface area contributed by atoms with Crippen molar-refractivity contribution in [3.8, 4) is 0 Å². The maximum atomic E-state index is 3.38. The smallest absolute Gasteiger partial charge is 0.0510 e. The lowest BCUT2D eigenvalue weighted by molar-refractivity contribution is 0.673. The summed E-state index contributed by atoms with van der Waals surface area (Å²) in [7, 11) is 2.14. The molecule has 0 aliphatic rings. The summed E-state index contributed by atoms with van der Waals surface area (Å²) in [6, 6.07) is 6.58. The van der Waals surface area contributed by atoms with Gasteiger partial charge in [0.05, 0.1) is 5.52 Å². The largest absolute Gasteiger partial charge is 0.350 e. The molecule has 1 N–H and O–H groups in total. The van der Waals surface area contributed by atoms with Crippen LogP contribution in [0.3, 0.4) is 0 Å². The van der Waals surface area contributed by atoms with Crippen LogP contribution in [0.2, 0.25) is 0 Å². The van der Waals surface area contributed by atoms with Crippen molar-refractivity contribution in [2.24, 2.45) is 7.05 Å². The lowest BCUT2D eigenvalue weighted by Crippen LogP contribution is -2.14. The van der Waals surface area contributed by atoms with Gasteiger partial charge in [-0.15, -0.1) is 0 Å². The van der Waals surface area contributed by atoms with Gasteiger partial charge in [-0.3, -0.25) is 0 Å². The van der Waals surface area contributed by atoms with E-state index in [9.17, 15) is 0 Å². The zero-order valence-corrected chi connectivity index (χ0v) is 11.1. The van der Waals surface area contributed by atoms with Crippen molar-refractivity contribution in [3.05, 3.63) is 35.5 Å². The molecule has 0 bridgehead atoms. The Morgan fingerprint density at radius 3 is 2.88 bits per heavy atom. The van der Waals surface area contributed by atoms with Crippen LogP contribution in [0.15, 0.2) is 24.4 Å². The van der Waals surface area contributed by atoms with Crippen LogP contribution in [0, 0.1) is 6.92 Å². The number of aromatic nitrogens is 1. The fourth-order valence-electron chi connectivity index (χ4n) is 2.53. The average molecular weight is 230 g/mol. The van der Waals surface area contributed by atoms with Gasteiger partial charge in [0.2, 0.25) is 0 Å². The van der Waals surface area contributed by atoms with Crippen molar-refractivity contribution in [2.75, 3.05) is 13.1 Å². The maximum Gasteiger partial charge on any atom is 0.0510 e. The molecule has 0 atom stereocenters. The molecule has 0 unspecified atom stereocenters. The van der Waals surface area contributed by atoms with Crippen molar-refractivity contribution >= 4 is 10.9 Å². The number of fused-ring (bicyclic) bond motifs is 1. The van der Waals surface area contributed by atoms with Gasteiger partial charge in [0.25, 0.3) is 0 Å². The number of hydrogen-bond acceptors (Lipinski definition) is 1. The molecule has 0 saturated carbocycles. The molecule has 2 aromatic rings. The highest BCUT2D eigenvalue weighted by Gasteiger charge is 2.07. The third kappa shape index (κ3) is 2.52. The van der Waals surface area contributed by atoms with Crippen molar-refractivity contribution in [2.45, 2.75) is 26.7 Å². The summed E-state index contributed by atoms with van der Waals surface area (Å²) in [5.74, 6) is 0. The lowest BCUT2D eigenvalue weighted by atomic mass is 10.1. The molecule has 0 spiro atoms. The Labute approximate surface area is 104 Å². The molecule has 0 fully saturated rings. The fraction of sp³-hybridized carbons (Fsp3) is 0.467. The third-order valence-corrected chi connectivity index (χ3v) is 3.34. The van der Waals surface area contributed by atoms with Gasteiger partial charge in [-0.25, -0.2) is 0 Å². The Balaban J connectivity index is 2.21. The van der Waals surface area contributed by atoms with Crippen molar-refractivity contribution in [1.82, 2.24) is 9.88 Å². The Kier molecular flexibility index (Phi) is 3.85. The molecule has 1 aromatic heterocycles. The molecule has 2 heteroatoms. The van der Waals surface area contributed by atoms with Crippen LogP contribution >= 0.6 is 0 Å². The molecule has 1 aromatic carbocycles. The molecule has 2 nitrogen and oxygen atoms in total. The van der Waals surface area contributed by atoms with Gasteiger partial charge < -0.3 is 9.88 Å². The monoisotopic (exact) mass is 230 g/mol. The van der Waals surface area contributed by atoms with Crippen molar-refractivity contribution in [1.29, 1.82) is 0 Å². The molecule has 0 aliphatic heterocycles. The summed E-state index contributed by atoms with van der Waals surface area (Å²) in [4.78, 5) is 0. The first-order valence-electron chi connectivity index (χ1n) is 6.48. The summed E-state index contributed by atoms with van der Waals surface area (Å²) in [6.07, 6.45) is 4.65. The topological polar surface area (TPSA) is 17.0 Å². The second-order valence-electron chi connectivity index (χ2n) is 4.69. The Bertz CT molecular complexity index is 497. The van der Waals surface area contributed by atoms with Crippen LogP contribution in [0.5, 0.6) is 0 Å². The van der Waals surface area contributed by atoms with E-state index in [0.29, 0.717) is 0 Å². The first-order valence-corrected chi connectivity index (χ1v) is 6.48. The predicted molar refractivity (Wildman–Crippen MR) is 74.5 cm³/mol. The van der Waals surface area contributed by atoms with E-state index in [0.717, 1.165) is 19.5 Å². The Hall–Kier alpha value is -1.28. The highest BCUT2D eigenvalue weighted by atomic mass is 14.9. The van der Waals surface area contributed by atoms with Gasteiger partial charge in [0.1, 0.15) is 0 Å². The van der Waals surface area contributed by atoms with E-state index in [1.807, 2.05) is 0 Å². The van der Waals surface area contributed by atoms with E-state index in [-0.39, 0.29) is 0 Å². The number of nitrogens with zero attached hydrogens (tertiary/aromatic N) is 1. The van der Waals surface area contributed by atoms with Crippen LogP contribution in [0.1, 0.15) is 24.5 Å². The molecule has 0 saturated heterocycles. The van der Waals surface area contributed by atoms with E-state index >= 15 is 0 Å². The molecular weight excluding hydrogens is 208 g/mol. The molecule has 0 radical (unpaired) electrons. The predicted octanol–water partition coefficient (Wildman–Crippen LogP) is 3.03. The minimum absolute atomic E-state index is 1.06. The molecule has 0 aliphatic carbocycles. The minimum Gasteiger partial charge on any atom is -0.350 e. The van der Waals surface area contributed by atoms with Gasteiger partial charge in [0, 0.05) is 18.6 Å². The molecule has 17 heavy (non-hydrogen) atoms. The van der Waals surface area contributed by atoms with E-state index in [4.69, 9.17) is 0 Å². The number of hydrogen-bond donors (Lipinski definition) is 1. The van der Waals surface area contributed by atoms with Crippen LogP contribution in [0.4, 0.5) is 0 Å². The Morgan fingerprint density at radius 2 is 2.12 bits per heavy atom. The average Bonchev–Trinajstić information content (AvgIpc) is 2.63. The second-order valence-corrected chi connectivity index (χ2v) is 4.69. The van der Waals surface area contributed by atoms with Crippen LogP contribution in [0.25, 0.3) is 10.9 Å². The molecule has 2 rings (SSSR count). The normalized spacial score (nSPS) is 11.2. The summed E-state index contributed by atoms with van der Waals surface area (Å²) < 4.78 is 2.26. The van der Waals surface area contributed by atoms with Crippen molar-refractivity contribution < 1.29 is 0 Å². The summed E-state index contributed by atoms with van der Waals surface area (Å²) in [6.45, 7) is 6.51. The van der Waals surface area contributed by atoms with E-state index in [1.165, 1.54) is 28.5 Å². The SMILES string of the molecule is CCNCCCc1cn(C)c2c(C)cccc12. The zero-order chi connectivity index (χ0) is 12.3. The number of para-hydroxylation sites is 1. The Morgan fingerprint density at radius 1 is 1.29 bits per heavy atom. The van der Waals surface area contributed by atoms with Gasteiger partial charge in [-0.2, -0.15) is 0 Å². The van der Waals surface area contributed by atoms with Crippen molar-refractivity contribution in [3.63, 3.8) is 0 Å². The van der Waals surface area contributed by atoms with E-state index in [2.05, 4.69) is 55.2 Å². The first kappa shape index (κ1) is 12.2. The lowest BCUT2D eigenvalue weighted by Gasteiger charge is -2.02. The molecular formula is C15H22N2. The van der Waals surface area contributed by atoms with E-state index < -0.39 is 0 Å². The van der Waals surface area contributed by atoms with Crippen LogP contribution in [-0.2, 0) is 13.5 Å². The zero-order valence-electron chi connectivity index (χ0n) is 11.1. The third-order valence-electron chi connectivity index (χ3n) is 3.34. The number of aryl methyl sites for hydroxylation is 3. The summed E-state index contributed by atoms with van der Waals surface area (Å²) in [5, 5.41) is 4.80. The molecule has 92 valence electrons. The summed E-state index contributed by atoms with van der Waals surface area (Å²) in [5.41, 5.74) is 4.22. The van der Waals surface area contributed by atoms with Gasteiger partial charge in [-0.1, -0.05) is 25.1 Å². The quantitative estimate of drug-likeness (QED) is 0.781.